The minimum Gasteiger partial charge on any atom is -0.459 e. The van der Waals surface area contributed by atoms with Gasteiger partial charge in [-0.3, -0.25) is 14.4 Å². The molecule has 27 heavy (non-hydrogen) atoms. The molecular formula is C20H17N3O4. The van der Waals surface area contributed by atoms with Crippen LogP contribution in [-0.2, 0) is 0 Å². The van der Waals surface area contributed by atoms with Crippen molar-refractivity contribution in [3.63, 3.8) is 0 Å². The number of benzene rings is 2. The van der Waals surface area contributed by atoms with E-state index in [1.165, 1.54) is 13.3 Å². The van der Waals surface area contributed by atoms with E-state index in [1.807, 2.05) is 0 Å². The lowest BCUT2D eigenvalue weighted by molar-refractivity contribution is 0.0962. The molecule has 0 bridgehead atoms. The molecule has 0 saturated heterocycles. The molecule has 0 spiro atoms. The van der Waals surface area contributed by atoms with Gasteiger partial charge in [0.05, 0.1) is 17.5 Å². The zero-order valence-corrected chi connectivity index (χ0v) is 14.5. The number of amides is 3. The van der Waals surface area contributed by atoms with Gasteiger partial charge in [0.25, 0.3) is 17.7 Å². The lowest BCUT2D eigenvalue weighted by Gasteiger charge is -2.10. The normalized spacial score (nSPS) is 10.1. The monoisotopic (exact) mass is 363 g/mol. The third kappa shape index (κ3) is 4.21. The van der Waals surface area contributed by atoms with Crippen LogP contribution in [-0.4, -0.2) is 24.8 Å². The molecule has 0 fully saturated rings. The maximum atomic E-state index is 12.5. The summed E-state index contributed by atoms with van der Waals surface area (Å²) in [7, 11) is 1.52. The van der Waals surface area contributed by atoms with E-state index in [1.54, 1.807) is 60.7 Å². The molecule has 7 nitrogen and oxygen atoms in total. The van der Waals surface area contributed by atoms with Gasteiger partial charge in [0, 0.05) is 18.3 Å². The quantitative estimate of drug-likeness (QED) is 0.648. The zero-order chi connectivity index (χ0) is 19.2. The van der Waals surface area contributed by atoms with Gasteiger partial charge >= 0.3 is 0 Å². The fourth-order valence-corrected chi connectivity index (χ4v) is 2.42. The molecule has 3 N–H and O–H groups in total. The summed E-state index contributed by atoms with van der Waals surface area (Å²) in [4.78, 5) is 36.3. The highest BCUT2D eigenvalue weighted by molar-refractivity contribution is 6.09. The Morgan fingerprint density at radius 2 is 1.52 bits per heavy atom. The molecule has 3 rings (SSSR count). The van der Waals surface area contributed by atoms with Gasteiger partial charge in [0.2, 0.25) is 0 Å². The van der Waals surface area contributed by atoms with Crippen LogP contribution in [0.1, 0.15) is 31.3 Å². The first-order valence-corrected chi connectivity index (χ1v) is 8.16. The summed E-state index contributed by atoms with van der Waals surface area (Å²) in [6, 6.07) is 16.3. The number of carbonyl (C=O) groups excluding carboxylic acids is 3. The third-order valence-corrected chi connectivity index (χ3v) is 3.80. The largest absolute Gasteiger partial charge is 0.459 e. The number of furan rings is 1. The van der Waals surface area contributed by atoms with Crippen molar-refractivity contribution < 1.29 is 18.8 Å². The second-order valence-corrected chi connectivity index (χ2v) is 5.59. The van der Waals surface area contributed by atoms with Crippen LogP contribution in [0, 0.1) is 0 Å². The number of anilines is 2. The van der Waals surface area contributed by atoms with E-state index < -0.39 is 0 Å². The van der Waals surface area contributed by atoms with E-state index in [4.69, 9.17) is 4.42 Å². The molecule has 7 heteroatoms. The molecular weight excluding hydrogens is 346 g/mol. The van der Waals surface area contributed by atoms with Gasteiger partial charge in [0.1, 0.15) is 0 Å². The molecule has 1 aromatic heterocycles. The smallest absolute Gasteiger partial charge is 0.291 e. The van der Waals surface area contributed by atoms with E-state index in [2.05, 4.69) is 16.0 Å². The number of carbonyl (C=O) groups is 3. The minimum atomic E-state index is -0.378. The highest BCUT2D eigenvalue weighted by Crippen LogP contribution is 2.17. The maximum Gasteiger partial charge on any atom is 0.291 e. The number of hydrogen-bond donors (Lipinski definition) is 3. The molecule has 3 amide bonds. The second kappa shape index (κ2) is 8.01. The molecule has 0 atom stereocenters. The van der Waals surface area contributed by atoms with E-state index in [-0.39, 0.29) is 23.5 Å². The van der Waals surface area contributed by atoms with Crippen LogP contribution in [0.3, 0.4) is 0 Å². The average molecular weight is 363 g/mol. The van der Waals surface area contributed by atoms with Crippen LogP contribution in [0.15, 0.2) is 71.3 Å². The first-order valence-electron chi connectivity index (χ1n) is 8.16. The van der Waals surface area contributed by atoms with Crippen LogP contribution in [0.5, 0.6) is 0 Å². The summed E-state index contributed by atoms with van der Waals surface area (Å²) in [5.74, 6) is -0.837. The summed E-state index contributed by atoms with van der Waals surface area (Å²) < 4.78 is 5.03. The number of rotatable bonds is 5. The molecule has 1 heterocycles. The number of nitrogens with one attached hydrogen (secondary N) is 3. The fraction of sp³-hybridized carbons (Fsp3) is 0.0500. The Kier molecular flexibility index (Phi) is 5.32. The molecule has 0 aliphatic rings. The van der Waals surface area contributed by atoms with Crippen molar-refractivity contribution in [2.45, 2.75) is 0 Å². The van der Waals surface area contributed by atoms with Crippen molar-refractivity contribution in [2.75, 3.05) is 17.7 Å². The van der Waals surface area contributed by atoms with Crippen molar-refractivity contribution in [1.82, 2.24) is 5.32 Å². The van der Waals surface area contributed by atoms with Crippen LogP contribution >= 0.6 is 0 Å². The summed E-state index contributed by atoms with van der Waals surface area (Å²) in [6.45, 7) is 0. The SMILES string of the molecule is CNC(=O)c1ccccc1NC(=O)c1ccc(NC(=O)c2ccco2)cc1. The Balaban J connectivity index is 1.70. The maximum absolute atomic E-state index is 12.5. The highest BCUT2D eigenvalue weighted by atomic mass is 16.3. The Labute approximate surface area is 155 Å². The summed E-state index contributed by atoms with van der Waals surface area (Å²) in [6.07, 6.45) is 1.42. The Bertz CT molecular complexity index is 963. The molecule has 0 aliphatic heterocycles. The third-order valence-electron chi connectivity index (χ3n) is 3.80. The van der Waals surface area contributed by atoms with Crippen LogP contribution in [0.25, 0.3) is 0 Å². The molecule has 2 aromatic carbocycles. The fourth-order valence-electron chi connectivity index (χ4n) is 2.42. The Morgan fingerprint density at radius 1 is 0.778 bits per heavy atom. The Morgan fingerprint density at radius 3 is 2.19 bits per heavy atom. The van der Waals surface area contributed by atoms with Crippen molar-refractivity contribution in [3.8, 4) is 0 Å². The van der Waals surface area contributed by atoms with E-state index in [9.17, 15) is 14.4 Å². The van der Waals surface area contributed by atoms with E-state index in [0.29, 0.717) is 22.5 Å². The minimum absolute atomic E-state index is 0.197. The van der Waals surface area contributed by atoms with Gasteiger partial charge in [-0.25, -0.2) is 0 Å². The molecule has 3 aromatic rings. The first kappa shape index (κ1) is 17.9. The molecule has 0 saturated carbocycles. The van der Waals surface area contributed by atoms with Crippen LogP contribution in [0.2, 0.25) is 0 Å². The van der Waals surface area contributed by atoms with Crippen LogP contribution < -0.4 is 16.0 Å². The number of hydrogen-bond acceptors (Lipinski definition) is 4. The predicted octanol–water partition coefficient (Wildman–Crippen LogP) is 3.14. The summed E-state index contributed by atoms with van der Waals surface area (Å²) in [5, 5.41) is 7.93. The van der Waals surface area contributed by atoms with Gasteiger partial charge in [-0.05, 0) is 48.5 Å². The van der Waals surface area contributed by atoms with Crippen molar-refractivity contribution >= 4 is 29.1 Å². The lowest BCUT2D eigenvalue weighted by atomic mass is 10.1. The van der Waals surface area contributed by atoms with Crippen molar-refractivity contribution in [2.24, 2.45) is 0 Å². The van der Waals surface area contributed by atoms with Crippen molar-refractivity contribution in [3.05, 3.63) is 83.8 Å². The molecule has 136 valence electrons. The van der Waals surface area contributed by atoms with Gasteiger partial charge in [-0.2, -0.15) is 0 Å². The summed E-state index contributed by atoms with van der Waals surface area (Å²) in [5.41, 5.74) is 1.70. The molecule has 0 radical (unpaired) electrons. The van der Waals surface area contributed by atoms with E-state index >= 15 is 0 Å². The Hall–Kier alpha value is -3.87. The number of para-hydroxylation sites is 1. The van der Waals surface area contributed by atoms with Gasteiger partial charge in [-0.1, -0.05) is 12.1 Å². The topological polar surface area (TPSA) is 100 Å². The van der Waals surface area contributed by atoms with E-state index in [0.717, 1.165) is 0 Å². The zero-order valence-electron chi connectivity index (χ0n) is 14.5. The van der Waals surface area contributed by atoms with Crippen molar-refractivity contribution in [1.29, 1.82) is 0 Å². The van der Waals surface area contributed by atoms with Gasteiger partial charge in [-0.15, -0.1) is 0 Å². The average Bonchev–Trinajstić information content (AvgIpc) is 3.23. The van der Waals surface area contributed by atoms with Gasteiger partial charge < -0.3 is 20.4 Å². The molecule has 0 aliphatic carbocycles. The summed E-state index contributed by atoms with van der Waals surface area (Å²) >= 11 is 0. The first-order chi connectivity index (χ1) is 13.1. The molecule has 0 unspecified atom stereocenters. The van der Waals surface area contributed by atoms with Crippen LogP contribution in [0.4, 0.5) is 11.4 Å². The predicted molar refractivity (Wildman–Crippen MR) is 101 cm³/mol. The lowest BCUT2D eigenvalue weighted by Crippen LogP contribution is -2.21. The van der Waals surface area contributed by atoms with Gasteiger partial charge in [0.15, 0.2) is 5.76 Å². The standard InChI is InChI=1S/C20H17N3O4/c1-21-19(25)15-5-2-3-6-16(15)23-18(24)13-8-10-14(11-9-13)22-20(26)17-7-4-12-27-17/h2-12H,1H3,(H,21,25)(H,22,26)(H,23,24). The second-order valence-electron chi connectivity index (χ2n) is 5.59. The highest BCUT2D eigenvalue weighted by Gasteiger charge is 2.13.